The number of ether oxygens (including phenoxy) is 1. The van der Waals surface area contributed by atoms with Crippen LogP contribution in [0.1, 0.15) is 49.4 Å². The van der Waals surface area contributed by atoms with E-state index >= 15 is 0 Å². The zero-order valence-corrected chi connectivity index (χ0v) is 20.5. The molecule has 0 aliphatic heterocycles. The molecule has 34 heavy (non-hydrogen) atoms. The molecule has 180 valence electrons. The first-order valence-electron chi connectivity index (χ1n) is 12.5. The van der Waals surface area contributed by atoms with E-state index in [2.05, 4.69) is 49.6 Å². The molecule has 0 amide bonds. The summed E-state index contributed by atoms with van der Waals surface area (Å²) < 4.78 is 8.45. The highest BCUT2D eigenvalue weighted by Crippen LogP contribution is 2.34. The molecular weight excluding hydrogens is 422 g/mol. The average molecular weight is 460 g/mol. The Bertz CT molecular complexity index is 1050. The quantitative estimate of drug-likeness (QED) is 0.315. The molecule has 1 aliphatic rings. The fourth-order valence-corrected chi connectivity index (χ4v) is 4.28. The number of allylic oxidation sites excluding steroid dienone is 1. The Balaban J connectivity index is 1.69. The number of nitrogens with zero attached hydrogens (tertiary/aromatic N) is 3. The molecule has 4 rings (SSSR count). The van der Waals surface area contributed by atoms with Gasteiger partial charge in [0.15, 0.2) is 0 Å². The van der Waals surface area contributed by atoms with E-state index < -0.39 is 0 Å². The molecule has 5 nitrogen and oxygen atoms in total. The molecule has 1 fully saturated rings. The van der Waals surface area contributed by atoms with Crippen LogP contribution in [0.3, 0.4) is 0 Å². The topological polar surface area (TPSA) is 50.5 Å². The lowest BCUT2D eigenvalue weighted by molar-refractivity contribution is 0.0990. The largest absolute Gasteiger partial charge is 0.439 e. The molecular formula is C29H37N3O2. The molecule has 1 N–H and O–H groups in total. The number of benzene rings is 2. The molecule has 5 heteroatoms. The minimum atomic E-state index is -0.368. The Morgan fingerprint density at radius 2 is 1.91 bits per heavy atom. The standard InChI is InChI=1S/C29H37N3O2/c1-4-6-12-25(33)20-31(19-23-15-16-23)21-27-28(5-2)30-32(24-10-8-7-9-11-24)29(27)34-26-17-13-22(3)14-18-26/h4,7-11,13-14,17-18,23,25,33H,1,5-6,12,15-16,19-21H2,2-3H3/t25-/m1/s1. The van der Waals surface area contributed by atoms with Gasteiger partial charge in [-0.2, -0.15) is 5.10 Å². The van der Waals surface area contributed by atoms with Crippen molar-refractivity contribution in [3.63, 3.8) is 0 Å². The summed E-state index contributed by atoms with van der Waals surface area (Å²) in [7, 11) is 0. The van der Waals surface area contributed by atoms with Gasteiger partial charge in [0, 0.05) is 19.6 Å². The summed E-state index contributed by atoms with van der Waals surface area (Å²) in [5, 5.41) is 15.6. The lowest BCUT2D eigenvalue weighted by Gasteiger charge is -2.25. The molecule has 3 aromatic rings. The third-order valence-electron chi connectivity index (χ3n) is 6.36. The maximum atomic E-state index is 10.7. The second-order valence-electron chi connectivity index (χ2n) is 9.40. The second-order valence-corrected chi connectivity index (χ2v) is 9.40. The molecule has 0 radical (unpaired) electrons. The molecule has 2 aromatic carbocycles. The molecule has 1 aliphatic carbocycles. The van der Waals surface area contributed by atoms with Crippen molar-refractivity contribution in [3.8, 4) is 17.3 Å². The van der Waals surface area contributed by atoms with Crippen molar-refractivity contribution in [3.05, 3.63) is 84.1 Å². The number of aliphatic hydroxyl groups excluding tert-OH is 1. The van der Waals surface area contributed by atoms with E-state index in [0.717, 1.165) is 60.3 Å². The molecule has 0 saturated heterocycles. The Kier molecular flexibility index (Phi) is 8.20. The molecule has 0 bridgehead atoms. The summed E-state index contributed by atoms with van der Waals surface area (Å²) in [4.78, 5) is 2.39. The van der Waals surface area contributed by atoms with Gasteiger partial charge in [0.2, 0.25) is 5.88 Å². The van der Waals surface area contributed by atoms with Gasteiger partial charge in [-0.05, 0) is 69.2 Å². The van der Waals surface area contributed by atoms with E-state index in [4.69, 9.17) is 9.84 Å². The molecule has 1 aromatic heterocycles. The molecule has 1 heterocycles. The summed E-state index contributed by atoms with van der Waals surface area (Å²) in [5.74, 6) is 2.28. The van der Waals surface area contributed by atoms with Crippen LogP contribution in [0.25, 0.3) is 5.69 Å². The number of hydrogen-bond acceptors (Lipinski definition) is 4. The lowest BCUT2D eigenvalue weighted by Crippen LogP contribution is -2.34. The highest BCUT2D eigenvalue weighted by atomic mass is 16.5. The fourth-order valence-electron chi connectivity index (χ4n) is 4.28. The van der Waals surface area contributed by atoms with Gasteiger partial charge in [0.1, 0.15) is 5.75 Å². The van der Waals surface area contributed by atoms with Crippen LogP contribution in [-0.4, -0.2) is 39.0 Å². The average Bonchev–Trinajstić information content (AvgIpc) is 3.60. The van der Waals surface area contributed by atoms with Crippen molar-refractivity contribution in [1.29, 1.82) is 0 Å². The monoisotopic (exact) mass is 459 g/mol. The molecule has 1 atom stereocenters. The van der Waals surface area contributed by atoms with Crippen LogP contribution in [-0.2, 0) is 13.0 Å². The van der Waals surface area contributed by atoms with Crippen LogP contribution < -0.4 is 4.74 Å². The number of aliphatic hydroxyl groups is 1. The van der Waals surface area contributed by atoms with Crippen LogP contribution in [0.15, 0.2) is 67.3 Å². The van der Waals surface area contributed by atoms with Crippen LogP contribution >= 0.6 is 0 Å². The summed E-state index contributed by atoms with van der Waals surface area (Å²) >= 11 is 0. The van der Waals surface area contributed by atoms with Crippen LogP contribution in [0.5, 0.6) is 11.6 Å². The van der Waals surface area contributed by atoms with E-state index in [1.165, 1.54) is 18.4 Å². The Morgan fingerprint density at radius 1 is 1.18 bits per heavy atom. The first kappa shape index (κ1) is 24.2. The number of rotatable bonds is 13. The van der Waals surface area contributed by atoms with Crippen molar-refractivity contribution >= 4 is 0 Å². The van der Waals surface area contributed by atoms with Gasteiger partial charge in [-0.15, -0.1) is 6.58 Å². The van der Waals surface area contributed by atoms with E-state index in [9.17, 15) is 5.11 Å². The predicted molar refractivity (Wildman–Crippen MR) is 138 cm³/mol. The molecule has 0 unspecified atom stereocenters. The van der Waals surface area contributed by atoms with E-state index in [1.54, 1.807) is 0 Å². The predicted octanol–water partition coefficient (Wildman–Crippen LogP) is 6.07. The number of para-hydroxylation sites is 1. The first-order chi connectivity index (χ1) is 16.6. The lowest BCUT2D eigenvalue weighted by atomic mass is 10.1. The minimum absolute atomic E-state index is 0.368. The van der Waals surface area contributed by atoms with Crippen LogP contribution in [0.4, 0.5) is 0 Å². The van der Waals surface area contributed by atoms with Gasteiger partial charge in [-0.1, -0.05) is 48.9 Å². The Hall–Kier alpha value is -2.89. The van der Waals surface area contributed by atoms with Crippen molar-refractivity contribution in [2.75, 3.05) is 13.1 Å². The zero-order valence-electron chi connectivity index (χ0n) is 20.5. The summed E-state index contributed by atoms with van der Waals surface area (Å²) in [6, 6.07) is 18.3. The van der Waals surface area contributed by atoms with Crippen molar-refractivity contribution in [1.82, 2.24) is 14.7 Å². The van der Waals surface area contributed by atoms with Gasteiger partial charge >= 0.3 is 0 Å². The van der Waals surface area contributed by atoms with E-state index in [-0.39, 0.29) is 6.10 Å². The second kappa shape index (κ2) is 11.5. The zero-order chi connectivity index (χ0) is 23.9. The maximum Gasteiger partial charge on any atom is 0.227 e. The number of hydrogen-bond donors (Lipinski definition) is 1. The molecule has 0 spiro atoms. The third kappa shape index (κ3) is 6.37. The van der Waals surface area contributed by atoms with Gasteiger partial charge < -0.3 is 9.84 Å². The van der Waals surface area contributed by atoms with Gasteiger partial charge in [0.05, 0.1) is 23.0 Å². The van der Waals surface area contributed by atoms with Gasteiger partial charge in [-0.3, -0.25) is 4.90 Å². The Labute approximate surface area is 203 Å². The Morgan fingerprint density at radius 3 is 2.56 bits per heavy atom. The number of aryl methyl sites for hydroxylation is 2. The van der Waals surface area contributed by atoms with E-state index in [1.807, 2.05) is 41.1 Å². The third-order valence-corrected chi connectivity index (χ3v) is 6.36. The highest BCUT2D eigenvalue weighted by molar-refractivity contribution is 5.44. The van der Waals surface area contributed by atoms with Crippen molar-refractivity contribution in [2.45, 2.75) is 58.6 Å². The first-order valence-corrected chi connectivity index (χ1v) is 12.5. The maximum absolute atomic E-state index is 10.7. The highest BCUT2D eigenvalue weighted by Gasteiger charge is 2.28. The van der Waals surface area contributed by atoms with Crippen LogP contribution in [0.2, 0.25) is 0 Å². The summed E-state index contributed by atoms with van der Waals surface area (Å²) in [5.41, 5.74) is 4.31. The molecule has 1 saturated carbocycles. The normalized spacial score (nSPS) is 14.4. The fraction of sp³-hybridized carbons (Fsp3) is 0.414. The van der Waals surface area contributed by atoms with Crippen molar-refractivity contribution < 1.29 is 9.84 Å². The smallest absolute Gasteiger partial charge is 0.227 e. The minimum Gasteiger partial charge on any atom is -0.439 e. The van der Waals surface area contributed by atoms with Crippen molar-refractivity contribution in [2.24, 2.45) is 5.92 Å². The van der Waals surface area contributed by atoms with Crippen LogP contribution in [0, 0.1) is 12.8 Å². The summed E-state index contributed by atoms with van der Waals surface area (Å²) in [6.07, 6.45) is 6.43. The van der Waals surface area contributed by atoms with Gasteiger partial charge in [0.25, 0.3) is 0 Å². The van der Waals surface area contributed by atoms with E-state index in [0.29, 0.717) is 13.1 Å². The summed E-state index contributed by atoms with van der Waals surface area (Å²) in [6.45, 7) is 10.4. The SMILES string of the molecule is C=CCC[C@@H](O)CN(Cc1c(CC)nn(-c2ccccc2)c1Oc1ccc(C)cc1)CC1CC1. The number of aromatic nitrogens is 2. The van der Waals surface area contributed by atoms with Gasteiger partial charge in [-0.25, -0.2) is 4.68 Å².